The first kappa shape index (κ1) is 11.4. The third kappa shape index (κ3) is 2.92. The van der Waals surface area contributed by atoms with Crippen molar-refractivity contribution in [2.75, 3.05) is 0 Å². The van der Waals surface area contributed by atoms with Crippen LogP contribution in [0.2, 0.25) is 0 Å². The fraction of sp³-hybridized carbons (Fsp3) is 1.00. The number of hydrogen-bond donors (Lipinski definition) is 0. The molecule has 2 fully saturated rings. The predicted octanol–water partition coefficient (Wildman–Crippen LogP) is 2.83. The molecule has 88 valence electrons. The lowest BCUT2D eigenvalue weighted by molar-refractivity contribution is -0.309. The second-order valence-electron chi connectivity index (χ2n) is 5.03. The molecule has 0 aromatic rings. The summed E-state index contributed by atoms with van der Waals surface area (Å²) in [6.45, 7) is 6.23. The highest BCUT2D eigenvalue weighted by molar-refractivity contribution is 4.76. The minimum absolute atomic E-state index is 0.0657. The van der Waals surface area contributed by atoms with E-state index in [1.54, 1.807) is 0 Å². The van der Waals surface area contributed by atoms with Crippen LogP contribution in [0, 0.1) is 0 Å². The Morgan fingerprint density at radius 2 is 1.93 bits per heavy atom. The predicted molar refractivity (Wildman–Crippen MR) is 57.5 cm³/mol. The largest absolute Gasteiger partial charge is 0.350 e. The van der Waals surface area contributed by atoms with Crippen LogP contribution in [-0.4, -0.2) is 24.3 Å². The van der Waals surface area contributed by atoms with Gasteiger partial charge in [-0.15, -0.1) is 0 Å². The van der Waals surface area contributed by atoms with Gasteiger partial charge in [-0.2, -0.15) is 0 Å². The van der Waals surface area contributed by atoms with Crippen LogP contribution in [0.4, 0.5) is 0 Å². The zero-order chi connectivity index (χ0) is 10.9. The lowest BCUT2D eigenvalue weighted by Crippen LogP contribution is -2.38. The number of ether oxygens (including phenoxy) is 3. The Bertz CT molecular complexity index is 219. The maximum atomic E-state index is 5.94. The van der Waals surface area contributed by atoms with E-state index < -0.39 is 5.79 Å². The van der Waals surface area contributed by atoms with Crippen molar-refractivity contribution in [3.63, 3.8) is 0 Å². The Morgan fingerprint density at radius 1 is 1.13 bits per heavy atom. The quantitative estimate of drug-likeness (QED) is 0.707. The monoisotopic (exact) mass is 214 g/mol. The molecule has 0 radical (unpaired) electrons. The summed E-state index contributed by atoms with van der Waals surface area (Å²) < 4.78 is 17.5. The van der Waals surface area contributed by atoms with Crippen LogP contribution in [0.15, 0.2) is 0 Å². The van der Waals surface area contributed by atoms with Crippen LogP contribution >= 0.6 is 0 Å². The third-order valence-corrected chi connectivity index (χ3v) is 3.27. The fourth-order valence-electron chi connectivity index (χ4n) is 2.43. The van der Waals surface area contributed by atoms with Gasteiger partial charge in [0.25, 0.3) is 0 Å². The van der Waals surface area contributed by atoms with E-state index in [4.69, 9.17) is 14.2 Å². The molecule has 0 aromatic heterocycles. The zero-order valence-corrected chi connectivity index (χ0v) is 9.99. The molecular formula is C12H22O3. The van der Waals surface area contributed by atoms with Gasteiger partial charge in [-0.1, -0.05) is 0 Å². The van der Waals surface area contributed by atoms with Crippen LogP contribution in [0.1, 0.15) is 52.9 Å². The summed E-state index contributed by atoms with van der Waals surface area (Å²) in [6, 6.07) is 0. The molecule has 0 bridgehead atoms. The van der Waals surface area contributed by atoms with Gasteiger partial charge in [0.05, 0.1) is 12.2 Å². The van der Waals surface area contributed by atoms with Crippen molar-refractivity contribution < 1.29 is 14.2 Å². The van der Waals surface area contributed by atoms with E-state index in [2.05, 4.69) is 13.8 Å². The topological polar surface area (TPSA) is 27.7 Å². The molecule has 2 aliphatic rings. The van der Waals surface area contributed by atoms with Gasteiger partial charge in [0, 0.05) is 6.42 Å². The Balaban J connectivity index is 1.85. The summed E-state index contributed by atoms with van der Waals surface area (Å²) in [4.78, 5) is 0. The van der Waals surface area contributed by atoms with Gasteiger partial charge < -0.3 is 14.2 Å². The van der Waals surface area contributed by atoms with Gasteiger partial charge in [-0.05, 0) is 46.5 Å². The molecule has 0 N–H and O–H groups in total. The molecule has 3 nitrogen and oxygen atoms in total. The molecule has 0 spiro atoms. The lowest BCUT2D eigenvalue weighted by atomic mass is 10.1. The molecule has 4 unspecified atom stereocenters. The molecule has 2 heterocycles. The van der Waals surface area contributed by atoms with Crippen LogP contribution in [0.25, 0.3) is 0 Å². The van der Waals surface area contributed by atoms with E-state index in [0.717, 1.165) is 25.7 Å². The van der Waals surface area contributed by atoms with E-state index in [0.29, 0.717) is 12.2 Å². The summed E-state index contributed by atoms with van der Waals surface area (Å²) in [7, 11) is 0. The van der Waals surface area contributed by atoms with E-state index in [-0.39, 0.29) is 6.29 Å². The minimum atomic E-state index is -0.416. The maximum Gasteiger partial charge on any atom is 0.169 e. The summed E-state index contributed by atoms with van der Waals surface area (Å²) in [5.41, 5.74) is 0. The molecule has 15 heavy (non-hydrogen) atoms. The fourth-order valence-corrected chi connectivity index (χ4v) is 2.43. The Kier molecular flexibility index (Phi) is 3.33. The van der Waals surface area contributed by atoms with E-state index in [9.17, 15) is 0 Å². The van der Waals surface area contributed by atoms with Gasteiger partial charge in [-0.3, -0.25) is 0 Å². The van der Waals surface area contributed by atoms with Crippen molar-refractivity contribution >= 4 is 0 Å². The molecule has 4 atom stereocenters. The highest BCUT2D eigenvalue weighted by Gasteiger charge is 2.38. The first-order chi connectivity index (χ1) is 7.07. The summed E-state index contributed by atoms with van der Waals surface area (Å²) >= 11 is 0. The average Bonchev–Trinajstić information content (AvgIpc) is 2.45. The van der Waals surface area contributed by atoms with E-state index in [1.165, 1.54) is 6.42 Å². The molecule has 2 rings (SSSR count). The third-order valence-electron chi connectivity index (χ3n) is 3.27. The van der Waals surface area contributed by atoms with Gasteiger partial charge >= 0.3 is 0 Å². The van der Waals surface area contributed by atoms with Crippen LogP contribution < -0.4 is 0 Å². The number of hydrogen-bond acceptors (Lipinski definition) is 3. The standard InChI is InChI=1S/C12H22O3/c1-9-5-4-6-11(13-9)15-12(3)8-7-10(2)14-12/h9-11H,4-8H2,1-3H3. The van der Waals surface area contributed by atoms with Crippen LogP contribution in [0.5, 0.6) is 0 Å². The highest BCUT2D eigenvalue weighted by atomic mass is 16.8. The van der Waals surface area contributed by atoms with Crippen LogP contribution in [0.3, 0.4) is 0 Å². The van der Waals surface area contributed by atoms with Gasteiger partial charge in [0.15, 0.2) is 12.1 Å². The Morgan fingerprint density at radius 3 is 2.53 bits per heavy atom. The molecule has 3 heteroatoms. The van der Waals surface area contributed by atoms with Crippen molar-refractivity contribution in [3.8, 4) is 0 Å². The van der Waals surface area contributed by atoms with E-state index in [1.807, 2.05) is 6.92 Å². The summed E-state index contributed by atoms with van der Waals surface area (Å²) in [5, 5.41) is 0. The molecule has 0 amide bonds. The Hall–Kier alpha value is -0.120. The molecular weight excluding hydrogens is 192 g/mol. The molecule has 0 aliphatic carbocycles. The molecule has 0 saturated carbocycles. The summed E-state index contributed by atoms with van der Waals surface area (Å²) in [6.07, 6.45) is 5.97. The summed E-state index contributed by atoms with van der Waals surface area (Å²) in [5.74, 6) is -0.416. The first-order valence-electron chi connectivity index (χ1n) is 6.08. The average molecular weight is 214 g/mol. The van der Waals surface area contributed by atoms with Crippen molar-refractivity contribution in [2.45, 2.75) is 77.2 Å². The Labute approximate surface area is 92.1 Å². The molecule has 2 saturated heterocycles. The normalized spacial score (nSPS) is 47.0. The van der Waals surface area contributed by atoms with Crippen molar-refractivity contribution in [1.82, 2.24) is 0 Å². The number of rotatable bonds is 2. The second kappa shape index (κ2) is 4.40. The minimum Gasteiger partial charge on any atom is -0.350 e. The smallest absolute Gasteiger partial charge is 0.169 e. The molecule has 0 aromatic carbocycles. The SMILES string of the molecule is CC1CCCC(OC2(C)CCC(C)O2)O1. The van der Waals surface area contributed by atoms with Gasteiger partial charge in [0.2, 0.25) is 0 Å². The second-order valence-corrected chi connectivity index (χ2v) is 5.03. The molecule has 2 aliphatic heterocycles. The first-order valence-corrected chi connectivity index (χ1v) is 6.08. The lowest BCUT2D eigenvalue weighted by Gasteiger charge is -2.34. The van der Waals surface area contributed by atoms with E-state index >= 15 is 0 Å². The van der Waals surface area contributed by atoms with Gasteiger partial charge in [0.1, 0.15) is 0 Å². The highest BCUT2D eigenvalue weighted by Crippen LogP contribution is 2.34. The van der Waals surface area contributed by atoms with Crippen molar-refractivity contribution in [2.24, 2.45) is 0 Å². The van der Waals surface area contributed by atoms with Crippen molar-refractivity contribution in [1.29, 1.82) is 0 Å². The van der Waals surface area contributed by atoms with Crippen molar-refractivity contribution in [3.05, 3.63) is 0 Å². The zero-order valence-electron chi connectivity index (χ0n) is 9.99. The van der Waals surface area contributed by atoms with Gasteiger partial charge in [-0.25, -0.2) is 0 Å². The maximum absolute atomic E-state index is 5.94. The van der Waals surface area contributed by atoms with Crippen LogP contribution in [-0.2, 0) is 14.2 Å².